The number of hydrogen-bond donors (Lipinski definition) is 2. The highest BCUT2D eigenvalue weighted by atomic mass is 35.5. The fourth-order valence-corrected chi connectivity index (χ4v) is 1.83. The molecule has 1 rings (SSSR count). The number of halogens is 3. The van der Waals surface area contributed by atoms with Crippen molar-refractivity contribution in [1.29, 1.82) is 0 Å². The monoisotopic (exact) mass is 322 g/mol. The van der Waals surface area contributed by atoms with Crippen molar-refractivity contribution in [3.8, 4) is 5.75 Å². The Kier molecular flexibility index (Phi) is 8.21. The Labute approximate surface area is 129 Å². The molecule has 0 bridgehead atoms. The number of methoxy groups -OCH3 is 1. The van der Waals surface area contributed by atoms with E-state index in [2.05, 4.69) is 5.32 Å². The summed E-state index contributed by atoms with van der Waals surface area (Å²) in [4.78, 5) is 11.7. The molecule has 1 aromatic rings. The third-order valence-electron chi connectivity index (χ3n) is 3.00. The second kappa shape index (κ2) is 8.79. The zero-order valence-corrected chi connectivity index (χ0v) is 12.9. The van der Waals surface area contributed by atoms with E-state index in [1.165, 1.54) is 0 Å². The van der Waals surface area contributed by atoms with E-state index in [0.29, 0.717) is 5.75 Å². The molecule has 0 saturated carbocycles. The number of carbonyl (C=O) groups excluding carboxylic acids is 1. The third kappa shape index (κ3) is 6.27. The van der Waals surface area contributed by atoms with Gasteiger partial charge in [0.05, 0.1) is 20.2 Å². The molecule has 0 fully saturated rings. The zero-order chi connectivity index (χ0) is 15.2. The predicted molar refractivity (Wildman–Crippen MR) is 80.3 cm³/mol. The molecule has 21 heavy (non-hydrogen) atoms. The van der Waals surface area contributed by atoms with Gasteiger partial charge >= 0.3 is 0 Å². The zero-order valence-electron chi connectivity index (χ0n) is 12.1. The minimum Gasteiger partial charge on any atom is -0.496 e. The molecular formula is C14H21ClF2N2O2. The molecule has 0 aliphatic heterocycles. The average molecular weight is 323 g/mol. The van der Waals surface area contributed by atoms with Gasteiger partial charge in [0.15, 0.2) is 0 Å². The average Bonchev–Trinajstić information content (AvgIpc) is 2.45. The first-order valence-corrected chi connectivity index (χ1v) is 6.37. The van der Waals surface area contributed by atoms with Crippen LogP contribution >= 0.6 is 12.4 Å². The van der Waals surface area contributed by atoms with E-state index in [9.17, 15) is 13.6 Å². The molecule has 0 aliphatic carbocycles. The van der Waals surface area contributed by atoms with Crippen molar-refractivity contribution >= 4 is 18.3 Å². The Balaban J connectivity index is 0.00000400. The molecule has 120 valence electrons. The van der Waals surface area contributed by atoms with E-state index >= 15 is 0 Å². The summed E-state index contributed by atoms with van der Waals surface area (Å²) in [5, 5.41) is 2.20. The van der Waals surface area contributed by atoms with Crippen LogP contribution in [-0.4, -0.2) is 32.0 Å². The molecule has 3 N–H and O–H groups in total. The lowest BCUT2D eigenvalue weighted by Gasteiger charge is -2.17. The van der Waals surface area contributed by atoms with Crippen molar-refractivity contribution < 1.29 is 18.3 Å². The van der Waals surface area contributed by atoms with Crippen molar-refractivity contribution in [3.63, 3.8) is 0 Å². The molecule has 1 amide bonds. The number of amides is 1. The summed E-state index contributed by atoms with van der Waals surface area (Å²) in [5.74, 6) is -2.95. The van der Waals surface area contributed by atoms with Crippen LogP contribution in [0.15, 0.2) is 24.3 Å². The topological polar surface area (TPSA) is 64.3 Å². The Hall–Kier alpha value is -1.40. The smallest absolute Gasteiger partial charge is 0.277 e. The van der Waals surface area contributed by atoms with Crippen molar-refractivity contribution in [1.82, 2.24) is 5.32 Å². The van der Waals surface area contributed by atoms with Crippen LogP contribution in [0.1, 0.15) is 24.8 Å². The van der Waals surface area contributed by atoms with Crippen LogP contribution in [0, 0.1) is 0 Å². The first-order valence-electron chi connectivity index (χ1n) is 6.37. The Bertz CT molecular complexity index is 458. The van der Waals surface area contributed by atoms with E-state index in [-0.39, 0.29) is 24.7 Å². The number of rotatable bonds is 7. The number of para-hydroxylation sites is 1. The van der Waals surface area contributed by atoms with E-state index in [0.717, 1.165) is 5.56 Å². The van der Waals surface area contributed by atoms with Crippen LogP contribution in [0.25, 0.3) is 0 Å². The minimum absolute atomic E-state index is 0. The molecule has 0 saturated heterocycles. The van der Waals surface area contributed by atoms with Gasteiger partial charge in [0.2, 0.25) is 5.91 Å². The van der Waals surface area contributed by atoms with Gasteiger partial charge < -0.3 is 15.8 Å². The highest BCUT2D eigenvalue weighted by molar-refractivity contribution is 5.85. The lowest BCUT2D eigenvalue weighted by atomic mass is 9.96. The fourth-order valence-electron chi connectivity index (χ4n) is 1.83. The van der Waals surface area contributed by atoms with Gasteiger partial charge in [-0.15, -0.1) is 12.4 Å². The fraction of sp³-hybridized carbons (Fsp3) is 0.500. The third-order valence-corrected chi connectivity index (χ3v) is 3.00. The molecule has 1 atom stereocenters. The largest absolute Gasteiger partial charge is 0.496 e. The van der Waals surface area contributed by atoms with Gasteiger partial charge in [0.1, 0.15) is 5.75 Å². The first kappa shape index (κ1) is 19.6. The second-order valence-corrected chi connectivity index (χ2v) is 4.68. The standard InChI is InChI=1S/C14H20F2N2O2.ClH/c1-10(11-5-3-4-6-12(11)20-2)7-13(19)18-9-14(15,16)8-17;/h3-6,10H,7-9,17H2,1-2H3,(H,18,19);1H. The van der Waals surface area contributed by atoms with Crippen LogP contribution in [0.4, 0.5) is 8.78 Å². The van der Waals surface area contributed by atoms with Gasteiger partial charge in [-0.1, -0.05) is 25.1 Å². The molecule has 0 heterocycles. The lowest BCUT2D eigenvalue weighted by Crippen LogP contribution is -2.41. The molecular weight excluding hydrogens is 302 g/mol. The number of carbonyl (C=O) groups is 1. The van der Waals surface area contributed by atoms with Crippen molar-refractivity contribution in [2.45, 2.75) is 25.2 Å². The Morgan fingerprint density at radius 2 is 2.05 bits per heavy atom. The number of nitrogens with two attached hydrogens (primary N) is 1. The van der Waals surface area contributed by atoms with Gasteiger partial charge in [-0.25, -0.2) is 8.78 Å². The lowest BCUT2D eigenvalue weighted by molar-refractivity contribution is -0.123. The SMILES string of the molecule is COc1ccccc1C(C)CC(=O)NCC(F)(F)CN.Cl. The van der Waals surface area contributed by atoms with Gasteiger partial charge in [-0.3, -0.25) is 4.79 Å². The van der Waals surface area contributed by atoms with Gasteiger partial charge in [-0.05, 0) is 17.5 Å². The van der Waals surface area contributed by atoms with Crippen LogP contribution in [0.2, 0.25) is 0 Å². The minimum atomic E-state index is -3.07. The maximum absolute atomic E-state index is 12.9. The summed E-state index contributed by atoms with van der Waals surface area (Å²) in [6, 6.07) is 7.32. The van der Waals surface area contributed by atoms with Crippen LogP contribution in [0.3, 0.4) is 0 Å². The summed E-state index contributed by atoms with van der Waals surface area (Å²) in [7, 11) is 1.55. The molecule has 0 aliphatic rings. The first-order chi connectivity index (χ1) is 9.39. The molecule has 1 aromatic carbocycles. The molecule has 1 unspecified atom stereocenters. The van der Waals surface area contributed by atoms with Crippen molar-refractivity contribution in [2.24, 2.45) is 5.73 Å². The van der Waals surface area contributed by atoms with Crippen molar-refractivity contribution in [3.05, 3.63) is 29.8 Å². The summed E-state index contributed by atoms with van der Waals surface area (Å²) in [5.41, 5.74) is 5.78. The number of ether oxygens (including phenoxy) is 1. The van der Waals surface area contributed by atoms with Gasteiger partial charge in [0.25, 0.3) is 5.92 Å². The molecule has 0 radical (unpaired) electrons. The highest BCUT2D eigenvalue weighted by Crippen LogP contribution is 2.28. The summed E-state index contributed by atoms with van der Waals surface area (Å²) >= 11 is 0. The van der Waals surface area contributed by atoms with E-state index in [1.807, 2.05) is 25.1 Å². The predicted octanol–water partition coefficient (Wildman–Crippen LogP) is 2.32. The van der Waals surface area contributed by atoms with Crippen LogP contribution in [0.5, 0.6) is 5.75 Å². The number of alkyl halides is 2. The Morgan fingerprint density at radius 1 is 1.43 bits per heavy atom. The van der Waals surface area contributed by atoms with Crippen LogP contribution in [-0.2, 0) is 4.79 Å². The molecule has 7 heteroatoms. The van der Waals surface area contributed by atoms with Crippen LogP contribution < -0.4 is 15.8 Å². The summed E-state index contributed by atoms with van der Waals surface area (Å²) < 4.78 is 31.1. The van der Waals surface area contributed by atoms with Crippen molar-refractivity contribution in [2.75, 3.05) is 20.2 Å². The summed E-state index contributed by atoms with van der Waals surface area (Å²) in [6.07, 6.45) is 0.112. The maximum atomic E-state index is 12.9. The highest BCUT2D eigenvalue weighted by Gasteiger charge is 2.27. The van der Waals surface area contributed by atoms with E-state index in [1.54, 1.807) is 13.2 Å². The van der Waals surface area contributed by atoms with E-state index < -0.39 is 24.9 Å². The Morgan fingerprint density at radius 3 is 2.62 bits per heavy atom. The number of hydrogen-bond acceptors (Lipinski definition) is 3. The van der Waals surface area contributed by atoms with Gasteiger partial charge in [0, 0.05) is 6.42 Å². The van der Waals surface area contributed by atoms with Gasteiger partial charge in [-0.2, -0.15) is 0 Å². The summed E-state index contributed by atoms with van der Waals surface area (Å²) in [6.45, 7) is 0.328. The van der Waals surface area contributed by atoms with E-state index in [4.69, 9.17) is 10.5 Å². The number of benzene rings is 1. The molecule has 0 aromatic heterocycles. The molecule has 4 nitrogen and oxygen atoms in total. The number of nitrogens with one attached hydrogen (secondary N) is 1. The normalized spacial score (nSPS) is 12.2. The second-order valence-electron chi connectivity index (χ2n) is 4.68. The maximum Gasteiger partial charge on any atom is 0.277 e. The quantitative estimate of drug-likeness (QED) is 0.809. The molecule has 0 spiro atoms.